The van der Waals surface area contributed by atoms with E-state index in [0.29, 0.717) is 6.04 Å². The summed E-state index contributed by atoms with van der Waals surface area (Å²) in [5.41, 5.74) is 2.08. The molecule has 0 aliphatic rings. The second-order valence-electron chi connectivity index (χ2n) is 5.17. The van der Waals surface area contributed by atoms with Crippen LogP contribution in [0.4, 0.5) is 0 Å². The van der Waals surface area contributed by atoms with Crippen LogP contribution in [0.15, 0.2) is 18.5 Å². The molecule has 0 fully saturated rings. The number of hydrogen-bond acceptors (Lipinski definition) is 2. The first kappa shape index (κ1) is 14.3. The first-order chi connectivity index (χ1) is 9.15. The molecule has 0 amide bonds. The van der Waals surface area contributed by atoms with Gasteiger partial charge in [-0.1, -0.05) is 26.2 Å². The standard InChI is InChI=1S/C15H22ClN3/c1-4-5-6-7-11(2)19-14-8-9-17-10-13(14)18-15(19)12(3)16/h8-12H,4-7H2,1-3H3. The van der Waals surface area contributed by atoms with Crippen LogP contribution in [0.2, 0.25) is 0 Å². The van der Waals surface area contributed by atoms with Crippen molar-refractivity contribution in [2.75, 3.05) is 0 Å². The summed E-state index contributed by atoms with van der Waals surface area (Å²) in [6.45, 7) is 6.46. The van der Waals surface area contributed by atoms with E-state index in [0.717, 1.165) is 23.3 Å². The summed E-state index contributed by atoms with van der Waals surface area (Å²) in [6.07, 6.45) is 8.58. The molecule has 0 aliphatic carbocycles. The molecule has 0 bridgehead atoms. The Kier molecular flexibility index (Phi) is 4.81. The van der Waals surface area contributed by atoms with Crippen molar-refractivity contribution in [2.24, 2.45) is 0 Å². The van der Waals surface area contributed by atoms with Gasteiger partial charge in [0.15, 0.2) is 0 Å². The molecule has 2 heterocycles. The van der Waals surface area contributed by atoms with Crippen LogP contribution in [-0.4, -0.2) is 14.5 Å². The van der Waals surface area contributed by atoms with Gasteiger partial charge in [0.1, 0.15) is 11.3 Å². The second-order valence-corrected chi connectivity index (χ2v) is 5.82. The number of fused-ring (bicyclic) bond motifs is 1. The van der Waals surface area contributed by atoms with Crippen molar-refractivity contribution in [2.45, 2.75) is 57.9 Å². The molecule has 4 heteroatoms. The van der Waals surface area contributed by atoms with Gasteiger partial charge in [0, 0.05) is 12.2 Å². The van der Waals surface area contributed by atoms with E-state index in [1.54, 1.807) is 0 Å². The van der Waals surface area contributed by atoms with Crippen molar-refractivity contribution < 1.29 is 0 Å². The Morgan fingerprint density at radius 1 is 1.32 bits per heavy atom. The predicted molar refractivity (Wildman–Crippen MR) is 80.6 cm³/mol. The predicted octanol–water partition coefficient (Wildman–Crippen LogP) is 4.87. The maximum absolute atomic E-state index is 6.28. The number of pyridine rings is 1. The monoisotopic (exact) mass is 279 g/mol. The second kappa shape index (κ2) is 6.38. The van der Waals surface area contributed by atoms with Gasteiger partial charge in [-0.15, -0.1) is 11.6 Å². The van der Waals surface area contributed by atoms with Crippen LogP contribution in [0.1, 0.15) is 63.7 Å². The van der Waals surface area contributed by atoms with Gasteiger partial charge in [-0.25, -0.2) is 4.98 Å². The summed E-state index contributed by atoms with van der Waals surface area (Å²) in [5.74, 6) is 0.952. The third kappa shape index (κ3) is 3.08. The van der Waals surface area contributed by atoms with Gasteiger partial charge in [0.25, 0.3) is 0 Å². The van der Waals surface area contributed by atoms with Crippen LogP contribution >= 0.6 is 11.6 Å². The molecule has 19 heavy (non-hydrogen) atoms. The van der Waals surface area contributed by atoms with E-state index in [-0.39, 0.29) is 5.38 Å². The van der Waals surface area contributed by atoms with Gasteiger partial charge < -0.3 is 4.57 Å². The molecule has 2 unspecified atom stereocenters. The Morgan fingerprint density at radius 2 is 2.11 bits per heavy atom. The van der Waals surface area contributed by atoms with Crippen LogP contribution < -0.4 is 0 Å². The minimum Gasteiger partial charge on any atom is -0.324 e. The maximum atomic E-state index is 6.28. The first-order valence-electron chi connectivity index (χ1n) is 7.11. The first-order valence-corrected chi connectivity index (χ1v) is 7.54. The van der Waals surface area contributed by atoms with Crippen LogP contribution in [0.25, 0.3) is 11.0 Å². The lowest BCUT2D eigenvalue weighted by atomic mass is 10.1. The number of alkyl halides is 1. The molecule has 0 N–H and O–H groups in total. The van der Waals surface area contributed by atoms with Gasteiger partial charge in [-0.2, -0.15) is 0 Å². The number of aromatic nitrogens is 3. The highest BCUT2D eigenvalue weighted by Gasteiger charge is 2.18. The highest BCUT2D eigenvalue weighted by atomic mass is 35.5. The van der Waals surface area contributed by atoms with Crippen molar-refractivity contribution in [1.82, 2.24) is 14.5 Å². The molecule has 0 saturated heterocycles. The average Bonchev–Trinajstić information content (AvgIpc) is 2.78. The van der Waals surface area contributed by atoms with Crippen molar-refractivity contribution in [1.29, 1.82) is 0 Å². The largest absolute Gasteiger partial charge is 0.324 e. The Bertz CT molecular complexity index is 533. The van der Waals surface area contributed by atoms with E-state index >= 15 is 0 Å². The fraction of sp³-hybridized carbons (Fsp3) is 0.600. The quantitative estimate of drug-likeness (QED) is 0.558. The molecule has 2 atom stereocenters. The molecule has 104 valence electrons. The summed E-state index contributed by atoms with van der Waals surface area (Å²) in [4.78, 5) is 8.77. The van der Waals surface area contributed by atoms with Crippen molar-refractivity contribution >= 4 is 22.6 Å². The molecule has 3 nitrogen and oxygen atoms in total. The van der Waals surface area contributed by atoms with E-state index in [2.05, 4.69) is 28.4 Å². The van der Waals surface area contributed by atoms with Crippen molar-refractivity contribution in [3.63, 3.8) is 0 Å². The van der Waals surface area contributed by atoms with E-state index in [1.807, 2.05) is 25.4 Å². The highest BCUT2D eigenvalue weighted by Crippen LogP contribution is 2.29. The molecule has 0 radical (unpaired) electrons. The number of unbranched alkanes of at least 4 members (excludes halogenated alkanes) is 2. The summed E-state index contributed by atoms with van der Waals surface area (Å²) in [5, 5.41) is -0.0824. The zero-order valence-corrected chi connectivity index (χ0v) is 12.7. The molecular weight excluding hydrogens is 258 g/mol. The summed E-state index contributed by atoms with van der Waals surface area (Å²) in [7, 11) is 0. The fourth-order valence-electron chi connectivity index (χ4n) is 2.53. The van der Waals surface area contributed by atoms with Crippen molar-refractivity contribution in [3.8, 4) is 0 Å². The van der Waals surface area contributed by atoms with E-state index in [4.69, 9.17) is 11.6 Å². The number of halogens is 1. The molecule has 2 aromatic heterocycles. The van der Waals surface area contributed by atoms with Crippen molar-refractivity contribution in [3.05, 3.63) is 24.3 Å². The number of rotatable bonds is 6. The number of hydrogen-bond donors (Lipinski definition) is 0. The molecule has 0 aromatic carbocycles. The van der Waals surface area contributed by atoms with Gasteiger partial charge in [-0.05, 0) is 26.3 Å². The zero-order chi connectivity index (χ0) is 13.8. The third-order valence-corrected chi connectivity index (χ3v) is 3.74. The lowest BCUT2D eigenvalue weighted by molar-refractivity contribution is 0.472. The Labute approximate surface area is 120 Å². The molecule has 0 saturated carbocycles. The van der Waals surface area contributed by atoms with Gasteiger partial charge in [0.2, 0.25) is 0 Å². The minimum absolute atomic E-state index is 0.0824. The molecule has 0 aliphatic heterocycles. The topological polar surface area (TPSA) is 30.7 Å². The van der Waals surface area contributed by atoms with Crippen LogP contribution in [0, 0.1) is 0 Å². The van der Waals surface area contributed by atoms with Gasteiger partial charge in [0.05, 0.1) is 17.1 Å². The third-order valence-electron chi connectivity index (χ3n) is 3.54. The average molecular weight is 280 g/mol. The minimum atomic E-state index is -0.0824. The molecule has 0 spiro atoms. The summed E-state index contributed by atoms with van der Waals surface area (Å²) < 4.78 is 2.28. The lowest BCUT2D eigenvalue weighted by Crippen LogP contribution is -2.10. The Balaban J connectivity index is 2.35. The molecule has 2 aromatic rings. The maximum Gasteiger partial charge on any atom is 0.128 e. The van der Waals surface area contributed by atoms with E-state index in [1.165, 1.54) is 19.3 Å². The van der Waals surface area contributed by atoms with Crippen LogP contribution in [0.5, 0.6) is 0 Å². The summed E-state index contributed by atoms with van der Waals surface area (Å²) >= 11 is 6.28. The Hall–Kier alpha value is -1.09. The molecular formula is C15H22ClN3. The highest BCUT2D eigenvalue weighted by molar-refractivity contribution is 6.20. The van der Waals surface area contributed by atoms with E-state index in [9.17, 15) is 0 Å². The molecule has 2 rings (SSSR count). The summed E-state index contributed by atoms with van der Waals surface area (Å²) in [6, 6.07) is 2.46. The van der Waals surface area contributed by atoms with Crippen LogP contribution in [0.3, 0.4) is 0 Å². The Morgan fingerprint density at radius 3 is 2.79 bits per heavy atom. The normalized spacial score (nSPS) is 14.7. The lowest BCUT2D eigenvalue weighted by Gasteiger charge is -2.18. The zero-order valence-electron chi connectivity index (χ0n) is 11.9. The van der Waals surface area contributed by atoms with Gasteiger partial charge in [-0.3, -0.25) is 4.98 Å². The van der Waals surface area contributed by atoms with E-state index < -0.39 is 0 Å². The van der Waals surface area contributed by atoms with Crippen LogP contribution in [-0.2, 0) is 0 Å². The number of nitrogens with zero attached hydrogens (tertiary/aromatic N) is 3. The number of imidazole rings is 1. The SMILES string of the molecule is CCCCCC(C)n1c(C(C)Cl)nc2cnccc21. The smallest absolute Gasteiger partial charge is 0.128 e. The fourth-order valence-corrected chi connectivity index (χ4v) is 2.69. The van der Waals surface area contributed by atoms with Gasteiger partial charge >= 0.3 is 0 Å².